The van der Waals surface area contributed by atoms with Gasteiger partial charge < -0.3 is 9.64 Å². The second kappa shape index (κ2) is 6.59. The van der Waals surface area contributed by atoms with Crippen molar-refractivity contribution in [2.24, 2.45) is 5.92 Å². The molecule has 3 rings (SSSR count). The maximum atomic E-state index is 13.2. The van der Waals surface area contributed by atoms with Gasteiger partial charge in [0.2, 0.25) is 5.91 Å². The highest BCUT2D eigenvalue weighted by Gasteiger charge is 2.47. The Kier molecular flexibility index (Phi) is 4.67. The molecule has 0 radical (unpaired) electrons. The van der Waals surface area contributed by atoms with Crippen LogP contribution in [0.2, 0.25) is 0 Å². The summed E-state index contributed by atoms with van der Waals surface area (Å²) in [4.78, 5) is 13.8. The quantitative estimate of drug-likeness (QED) is 0.781. The molecule has 1 saturated carbocycles. The number of rotatable bonds is 4. The number of nitrogens with zero attached hydrogens (tertiary/aromatic N) is 1. The zero-order valence-corrected chi connectivity index (χ0v) is 13.3. The lowest BCUT2D eigenvalue weighted by atomic mass is 9.71. The summed E-state index contributed by atoms with van der Waals surface area (Å²) in [7, 11) is 0. The lowest BCUT2D eigenvalue weighted by molar-refractivity contribution is -0.156. The molecule has 6 heteroatoms. The summed E-state index contributed by atoms with van der Waals surface area (Å²) < 4.78 is 45.3. The molecule has 1 heterocycles. The van der Waals surface area contributed by atoms with Crippen molar-refractivity contribution in [2.75, 3.05) is 6.61 Å². The minimum atomic E-state index is -4.43. The highest BCUT2D eigenvalue weighted by atomic mass is 19.4. The van der Waals surface area contributed by atoms with Gasteiger partial charge in [-0.25, -0.2) is 0 Å². The predicted molar refractivity (Wildman–Crippen MR) is 83.1 cm³/mol. The third-order valence-electron chi connectivity index (χ3n) is 4.98. The molecule has 3 atom stereocenters. The van der Waals surface area contributed by atoms with Gasteiger partial charge in [0.05, 0.1) is 11.7 Å². The first kappa shape index (κ1) is 17.0. The number of carbonyl (C=O) groups excluding carboxylic acids is 1. The molecular weight excluding hydrogens is 319 g/mol. The van der Waals surface area contributed by atoms with Crippen molar-refractivity contribution in [2.45, 2.75) is 44.1 Å². The van der Waals surface area contributed by atoms with Crippen LogP contribution in [0, 0.1) is 5.92 Å². The minimum absolute atomic E-state index is 0.0611. The number of amides is 1. The lowest BCUT2D eigenvalue weighted by Crippen LogP contribution is -2.58. The summed E-state index contributed by atoms with van der Waals surface area (Å²) in [5, 5.41) is 0. The second-order valence-electron chi connectivity index (χ2n) is 6.34. The third-order valence-corrected chi connectivity index (χ3v) is 4.98. The number of hydrogen-bond acceptors (Lipinski definition) is 2. The summed E-state index contributed by atoms with van der Waals surface area (Å²) in [5.74, 6) is -0.123. The summed E-state index contributed by atoms with van der Waals surface area (Å²) in [6.07, 6.45) is -0.590. The van der Waals surface area contributed by atoms with Crippen LogP contribution >= 0.6 is 0 Å². The molecule has 1 aliphatic carbocycles. The summed E-state index contributed by atoms with van der Waals surface area (Å²) in [6.45, 7) is 4.16. The van der Waals surface area contributed by atoms with Crippen LogP contribution in [0.3, 0.4) is 0 Å². The van der Waals surface area contributed by atoms with E-state index >= 15 is 0 Å². The van der Waals surface area contributed by atoms with Gasteiger partial charge in [-0.1, -0.05) is 24.8 Å². The molecule has 1 saturated heterocycles. The Labute approximate surface area is 139 Å². The molecule has 2 fully saturated rings. The average Bonchev–Trinajstić information content (AvgIpc) is 2.54. The molecule has 1 aromatic carbocycles. The monoisotopic (exact) mass is 339 g/mol. The molecule has 0 unspecified atom stereocenters. The number of benzene rings is 1. The van der Waals surface area contributed by atoms with Crippen LogP contribution in [-0.2, 0) is 22.3 Å². The van der Waals surface area contributed by atoms with Gasteiger partial charge in [-0.2, -0.15) is 13.2 Å². The first-order valence-corrected chi connectivity index (χ1v) is 8.11. The zero-order chi connectivity index (χ0) is 17.3. The van der Waals surface area contributed by atoms with Crippen molar-refractivity contribution < 1.29 is 22.7 Å². The second-order valence-corrected chi connectivity index (χ2v) is 6.34. The molecule has 1 amide bonds. The molecule has 2 aliphatic rings. The van der Waals surface area contributed by atoms with Gasteiger partial charge in [0.25, 0.3) is 0 Å². The van der Waals surface area contributed by atoms with E-state index in [0.29, 0.717) is 6.42 Å². The molecular formula is C18H20F3NO2. The standard InChI is InChI=1S/C18H20F3NO2/c1-2-17(23)22(15-10-16-13(15)7-5-9-24-16)11-12-6-3-4-8-14(12)18(19,20)21/h2-4,6,8,13,15-16H,1,5,7,9-11H2/t13-,15-,16+/m1/s1. The maximum absolute atomic E-state index is 13.2. The Morgan fingerprint density at radius 3 is 2.79 bits per heavy atom. The van der Waals surface area contributed by atoms with Gasteiger partial charge in [-0.15, -0.1) is 0 Å². The molecule has 3 nitrogen and oxygen atoms in total. The highest BCUT2D eigenvalue weighted by Crippen LogP contribution is 2.42. The minimum Gasteiger partial charge on any atom is -0.378 e. The number of carbonyl (C=O) groups is 1. The Hall–Kier alpha value is -1.82. The smallest absolute Gasteiger partial charge is 0.378 e. The highest BCUT2D eigenvalue weighted by molar-refractivity contribution is 5.87. The van der Waals surface area contributed by atoms with Crippen LogP contribution < -0.4 is 0 Å². The summed E-state index contributed by atoms with van der Waals surface area (Å²) >= 11 is 0. The lowest BCUT2D eigenvalue weighted by Gasteiger charge is -2.51. The van der Waals surface area contributed by atoms with Crippen LogP contribution in [-0.4, -0.2) is 29.6 Å². The van der Waals surface area contributed by atoms with Gasteiger partial charge in [-0.05, 0) is 37.0 Å². The molecule has 0 spiro atoms. The molecule has 0 bridgehead atoms. The Bertz CT molecular complexity index is 629. The topological polar surface area (TPSA) is 29.5 Å². The third kappa shape index (κ3) is 3.20. The van der Waals surface area contributed by atoms with Crippen LogP contribution in [0.5, 0.6) is 0 Å². The van der Waals surface area contributed by atoms with Crippen LogP contribution in [0.1, 0.15) is 30.4 Å². The predicted octanol–water partition coefficient (Wildman–Crippen LogP) is 3.79. The molecule has 130 valence electrons. The van der Waals surface area contributed by atoms with Crippen LogP contribution in [0.15, 0.2) is 36.9 Å². The fourth-order valence-electron chi connectivity index (χ4n) is 3.72. The van der Waals surface area contributed by atoms with Gasteiger partial charge in [0, 0.05) is 25.1 Å². The Morgan fingerprint density at radius 2 is 2.12 bits per heavy atom. The van der Waals surface area contributed by atoms with Gasteiger partial charge in [0.15, 0.2) is 0 Å². The van der Waals surface area contributed by atoms with Crippen molar-refractivity contribution in [3.63, 3.8) is 0 Å². The molecule has 24 heavy (non-hydrogen) atoms. The normalized spacial score (nSPS) is 26.2. The summed E-state index contributed by atoms with van der Waals surface area (Å²) in [5.41, 5.74) is -0.581. The first-order chi connectivity index (χ1) is 11.4. The van der Waals surface area contributed by atoms with E-state index in [1.807, 2.05) is 0 Å². The molecule has 1 aliphatic heterocycles. The van der Waals surface area contributed by atoms with Crippen LogP contribution in [0.4, 0.5) is 13.2 Å². The largest absolute Gasteiger partial charge is 0.416 e. The number of ether oxygens (including phenoxy) is 1. The van der Waals surface area contributed by atoms with Gasteiger partial charge in [0.1, 0.15) is 0 Å². The van der Waals surface area contributed by atoms with Gasteiger partial charge >= 0.3 is 6.18 Å². The van der Waals surface area contributed by atoms with Crippen molar-refractivity contribution in [1.29, 1.82) is 0 Å². The zero-order valence-electron chi connectivity index (χ0n) is 13.3. The van der Waals surface area contributed by atoms with E-state index in [1.54, 1.807) is 6.07 Å². The number of alkyl halides is 3. The fraction of sp³-hybridized carbons (Fsp3) is 0.500. The first-order valence-electron chi connectivity index (χ1n) is 8.11. The molecule has 1 aromatic rings. The van der Waals surface area contributed by atoms with E-state index in [4.69, 9.17) is 4.74 Å². The maximum Gasteiger partial charge on any atom is 0.416 e. The summed E-state index contributed by atoms with van der Waals surface area (Å²) in [6, 6.07) is 5.33. The van der Waals surface area contributed by atoms with E-state index in [-0.39, 0.29) is 36.1 Å². The fourth-order valence-corrected chi connectivity index (χ4v) is 3.72. The molecule has 0 aromatic heterocycles. The van der Waals surface area contributed by atoms with Crippen molar-refractivity contribution >= 4 is 5.91 Å². The van der Waals surface area contributed by atoms with E-state index in [2.05, 4.69) is 6.58 Å². The molecule has 0 N–H and O–H groups in total. The Balaban J connectivity index is 1.84. The van der Waals surface area contributed by atoms with Crippen molar-refractivity contribution in [3.8, 4) is 0 Å². The number of hydrogen-bond donors (Lipinski definition) is 0. The van der Waals surface area contributed by atoms with Crippen LogP contribution in [0.25, 0.3) is 0 Å². The Morgan fingerprint density at radius 1 is 1.38 bits per heavy atom. The SMILES string of the molecule is C=CC(=O)N(Cc1ccccc1C(F)(F)F)[C@@H]1C[C@@H]2OCCC[C@@H]21. The van der Waals surface area contributed by atoms with E-state index in [0.717, 1.165) is 25.5 Å². The number of halogens is 3. The van der Waals surface area contributed by atoms with E-state index in [9.17, 15) is 18.0 Å². The number of fused-ring (bicyclic) bond motifs is 1. The van der Waals surface area contributed by atoms with E-state index < -0.39 is 11.7 Å². The van der Waals surface area contributed by atoms with Crippen molar-refractivity contribution in [1.82, 2.24) is 4.90 Å². The van der Waals surface area contributed by atoms with Crippen molar-refractivity contribution in [3.05, 3.63) is 48.0 Å². The average molecular weight is 339 g/mol. The van der Waals surface area contributed by atoms with E-state index in [1.165, 1.54) is 23.1 Å². The van der Waals surface area contributed by atoms with Gasteiger partial charge in [-0.3, -0.25) is 4.79 Å².